The third kappa shape index (κ3) is 3.52. The van der Waals surface area contributed by atoms with Crippen molar-refractivity contribution < 1.29 is 14.7 Å². The summed E-state index contributed by atoms with van der Waals surface area (Å²) in [6, 6.07) is 5.28. The fourth-order valence-electron chi connectivity index (χ4n) is 1.62. The number of rotatable bonds is 4. The fourth-order valence-corrected chi connectivity index (χ4v) is 2.14. The number of benzene rings is 1. The lowest BCUT2D eigenvalue weighted by molar-refractivity contribution is -0.131. The summed E-state index contributed by atoms with van der Waals surface area (Å²) in [6.07, 6.45) is 4.11. The van der Waals surface area contributed by atoms with Gasteiger partial charge in [0.15, 0.2) is 0 Å². The summed E-state index contributed by atoms with van der Waals surface area (Å²) < 4.78 is 0. The Morgan fingerprint density at radius 3 is 2.80 bits per heavy atom. The van der Waals surface area contributed by atoms with Crippen molar-refractivity contribution in [2.45, 2.75) is 6.92 Å². The smallest absolute Gasteiger partial charge is 0.328 e. The van der Waals surface area contributed by atoms with Crippen LogP contribution < -0.4 is 5.32 Å². The summed E-state index contributed by atoms with van der Waals surface area (Å²) in [7, 11) is 0. The monoisotopic (exact) mass is 288 g/mol. The van der Waals surface area contributed by atoms with Crippen molar-refractivity contribution in [2.75, 3.05) is 5.32 Å². The molecule has 102 valence electrons. The van der Waals surface area contributed by atoms with Gasteiger partial charge in [0.2, 0.25) is 0 Å². The molecular formula is C14H12N2O3S. The average Bonchev–Trinajstić information content (AvgIpc) is 2.91. The van der Waals surface area contributed by atoms with Gasteiger partial charge in [0.05, 0.1) is 11.7 Å². The molecule has 0 bridgehead atoms. The van der Waals surface area contributed by atoms with Gasteiger partial charge < -0.3 is 10.4 Å². The molecule has 0 aliphatic rings. The Morgan fingerprint density at radius 2 is 2.20 bits per heavy atom. The molecule has 1 aromatic heterocycles. The molecule has 0 unspecified atom stereocenters. The van der Waals surface area contributed by atoms with Crippen LogP contribution in [0, 0.1) is 6.92 Å². The lowest BCUT2D eigenvalue weighted by atomic mass is 10.1. The van der Waals surface area contributed by atoms with Crippen LogP contribution in [0.2, 0.25) is 0 Å². The topological polar surface area (TPSA) is 79.3 Å². The summed E-state index contributed by atoms with van der Waals surface area (Å²) in [5, 5.41) is 11.4. The third-order valence-corrected chi connectivity index (χ3v) is 3.36. The molecule has 2 rings (SSSR count). The third-order valence-electron chi connectivity index (χ3n) is 2.59. The van der Waals surface area contributed by atoms with E-state index >= 15 is 0 Å². The molecule has 0 atom stereocenters. The highest BCUT2D eigenvalue weighted by atomic mass is 32.1. The number of aryl methyl sites for hydroxylation is 1. The molecule has 1 heterocycles. The fraction of sp³-hybridized carbons (Fsp3) is 0.0714. The molecule has 6 heteroatoms. The second-order valence-corrected chi connectivity index (χ2v) is 4.95. The predicted octanol–water partition coefficient (Wildman–Crippen LogP) is 2.80. The van der Waals surface area contributed by atoms with E-state index in [1.165, 1.54) is 23.6 Å². The van der Waals surface area contributed by atoms with Gasteiger partial charge in [-0.15, -0.1) is 11.3 Å². The molecule has 0 saturated heterocycles. The van der Waals surface area contributed by atoms with Crippen molar-refractivity contribution in [1.29, 1.82) is 0 Å². The molecule has 0 radical (unpaired) electrons. The number of carbonyl (C=O) groups excluding carboxylic acids is 1. The predicted molar refractivity (Wildman–Crippen MR) is 77.9 cm³/mol. The van der Waals surface area contributed by atoms with Crippen LogP contribution in [-0.2, 0) is 4.79 Å². The van der Waals surface area contributed by atoms with Crippen molar-refractivity contribution in [3.05, 3.63) is 52.0 Å². The molecule has 0 saturated carbocycles. The van der Waals surface area contributed by atoms with Crippen LogP contribution >= 0.6 is 11.3 Å². The minimum absolute atomic E-state index is 0.208. The van der Waals surface area contributed by atoms with Gasteiger partial charge in [0, 0.05) is 11.8 Å². The summed E-state index contributed by atoms with van der Waals surface area (Å²) >= 11 is 1.27. The van der Waals surface area contributed by atoms with Crippen LogP contribution in [0.4, 0.5) is 5.69 Å². The Balaban J connectivity index is 2.13. The summed E-state index contributed by atoms with van der Waals surface area (Å²) in [5.41, 5.74) is 3.93. The number of aromatic nitrogens is 1. The number of aliphatic carboxylic acids is 1. The van der Waals surface area contributed by atoms with E-state index in [2.05, 4.69) is 10.3 Å². The first kappa shape index (κ1) is 14.0. The number of carboxylic acid groups (broad SMARTS) is 1. The minimum atomic E-state index is -0.994. The Hall–Kier alpha value is -2.47. The highest BCUT2D eigenvalue weighted by molar-refractivity contribution is 7.11. The maximum absolute atomic E-state index is 11.9. The van der Waals surface area contributed by atoms with E-state index in [0.717, 1.165) is 17.2 Å². The molecule has 0 fully saturated rings. The van der Waals surface area contributed by atoms with E-state index in [1.807, 2.05) is 6.92 Å². The average molecular weight is 288 g/mol. The first-order valence-electron chi connectivity index (χ1n) is 5.78. The first-order chi connectivity index (χ1) is 9.56. The van der Waals surface area contributed by atoms with E-state index < -0.39 is 5.97 Å². The lowest BCUT2D eigenvalue weighted by Crippen LogP contribution is -2.10. The molecule has 1 aromatic carbocycles. The SMILES string of the molecule is Cc1cc(NC(=O)c2cncs2)ccc1/C=C/C(=O)O. The number of anilines is 1. The van der Waals surface area contributed by atoms with E-state index in [-0.39, 0.29) is 5.91 Å². The van der Waals surface area contributed by atoms with Crippen LogP contribution in [0.3, 0.4) is 0 Å². The normalized spacial score (nSPS) is 10.7. The van der Waals surface area contributed by atoms with Crippen LogP contribution in [-0.4, -0.2) is 22.0 Å². The number of carboxylic acids is 1. The number of nitrogens with zero attached hydrogens (tertiary/aromatic N) is 1. The van der Waals surface area contributed by atoms with Crippen molar-refractivity contribution in [3.63, 3.8) is 0 Å². The standard InChI is InChI=1S/C14H12N2O3S/c1-9-6-11(4-2-10(9)3-5-13(17)18)16-14(19)12-7-15-8-20-12/h2-8H,1H3,(H,16,19)(H,17,18)/b5-3+. The minimum Gasteiger partial charge on any atom is -0.478 e. The van der Waals surface area contributed by atoms with Gasteiger partial charge in [-0.3, -0.25) is 9.78 Å². The molecule has 0 spiro atoms. The lowest BCUT2D eigenvalue weighted by Gasteiger charge is -2.06. The molecule has 2 aromatic rings. The van der Waals surface area contributed by atoms with Gasteiger partial charge in [-0.2, -0.15) is 0 Å². The van der Waals surface area contributed by atoms with E-state index in [0.29, 0.717) is 10.6 Å². The zero-order valence-electron chi connectivity index (χ0n) is 10.7. The molecule has 5 nitrogen and oxygen atoms in total. The van der Waals surface area contributed by atoms with E-state index in [1.54, 1.807) is 23.7 Å². The van der Waals surface area contributed by atoms with Crippen LogP contribution in [0.5, 0.6) is 0 Å². The second kappa shape index (κ2) is 6.12. The Kier molecular flexibility index (Phi) is 4.27. The zero-order valence-corrected chi connectivity index (χ0v) is 11.5. The number of hydrogen-bond acceptors (Lipinski definition) is 4. The number of hydrogen-bond donors (Lipinski definition) is 2. The number of amides is 1. The van der Waals surface area contributed by atoms with Gasteiger partial charge in [0.25, 0.3) is 5.91 Å². The molecule has 20 heavy (non-hydrogen) atoms. The van der Waals surface area contributed by atoms with Gasteiger partial charge >= 0.3 is 5.97 Å². The largest absolute Gasteiger partial charge is 0.478 e. The maximum atomic E-state index is 11.9. The van der Waals surface area contributed by atoms with Crippen molar-refractivity contribution >= 4 is 35.0 Å². The second-order valence-electron chi connectivity index (χ2n) is 4.06. The highest BCUT2D eigenvalue weighted by Gasteiger charge is 2.08. The summed E-state index contributed by atoms with van der Waals surface area (Å²) in [6.45, 7) is 1.85. The Labute approximate surface area is 119 Å². The molecule has 0 aliphatic carbocycles. The summed E-state index contributed by atoms with van der Waals surface area (Å²) in [5.74, 6) is -1.20. The van der Waals surface area contributed by atoms with Gasteiger partial charge in [0.1, 0.15) is 4.88 Å². The van der Waals surface area contributed by atoms with Crippen molar-refractivity contribution in [3.8, 4) is 0 Å². The maximum Gasteiger partial charge on any atom is 0.328 e. The number of carbonyl (C=O) groups is 2. The number of thiazole rings is 1. The summed E-state index contributed by atoms with van der Waals surface area (Å²) in [4.78, 5) is 26.7. The molecule has 1 amide bonds. The van der Waals surface area contributed by atoms with E-state index in [4.69, 9.17) is 5.11 Å². The van der Waals surface area contributed by atoms with Crippen LogP contribution in [0.25, 0.3) is 6.08 Å². The van der Waals surface area contributed by atoms with Crippen LogP contribution in [0.15, 0.2) is 36.0 Å². The molecule has 0 aliphatic heterocycles. The van der Waals surface area contributed by atoms with Gasteiger partial charge in [-0.25, -0.2) is 4.79 Å². The molecule has 2 N–H and O–H groups in total. The number of nitrogens with one attached hydrogen (secondary N) is 1. The quantitative estimate of drug-likeness (QED) is 0.848. The first-order valence-corrected chi connectivity index (χ1v) is 6.66. The Bertz CT molecular complexity index is 663. The van der Waals surface area contributed by atoms with Gasteiger partial charge in [-0.1, -0.05) is 6.07 Å². The van der Waals surface area contributed by atoms with Gasteiger partial charge in [-0.05, 0) is 36.3 Å². The highest BCUT2D eigenvalue weighted by Crippen LogP contribution is 2.18. The van der Waals surface area contributed by atoms with Crippen LogP contribution in [0.1, 0.15) is 20.8 Å². The Morgan fingerprint density at radius 1 is 1.40 bits per heavy atom. The van der Waals surface area contributed by atoms with Crippen molar-refractivity contribution in [1.82, 2.24) is 4.98 Å². The molecular weight excluding hydrogens is 276 g/mol. The zero-order chi connectivity index (χ0) is 14.5. The van der Waals surface area contributed by atoms with Crippen molar-refractivity contribution in [2.24, 2.45) is 0 Å². The van der Waals surface area contributed by atoms with E-state index in [9.17, 15) is 9.59 Å².